The van der Waals surface area contributed by atoms with Gasteiger partial charge in [0, 0.05) is 12.5 Å². The molecule has 0 nitrogen and oxygen atoms in total. The number of alkyl halides is 4. The number of halogens is 6. The molecular formula is C6H6F4I2. The zero-order valence-electron chi connectivity index (χ0n) is 6.05. The molecule has 0 fully saturated rings. The van der Waals surface area contributed by atoms with E-state index < -0.39 is 18.3 Å². The quantitative estimate of drug-likeness (QED) is 0.481. The van der Waals surface area contributed by atoms with Crippen LogP contribution < -0.4 is 0 Å². The topological polar surface area (TPSA) is 0 Å². The molecule has 0 unspecified atom stereocenters. The van der Waals surface area contributed by atoms with Crippen LogP contribution in [-0.4, -0.2) is 11.8 Å². The van der Waals surface area contributed by atoms with E-state index in [-0.39, 0.29) is 7.66 Å². The van der Waals surface area contributed by atoms with Gasteiger partial charge in [0.05, 0.1) is 1.59 Å². The van der Waals surface area contributed by atoms with Gasteiger partial charge in [0.2, 0.25) is 0 Å². The molecule has 0 bridgehead atoms. The molecule has 0 aromatic heterocycles. The summed E-state index contributed by atoms with van der Waals surface area (Å²) in [6, 6.07) is 0. The normalized spacial score (nSPS) is 12.9. The summed E-state index contributed by atoms with van der Waals surface area (Å²) in [6.45, 7) is 1.03. The van der Waals surface area contributed by atoms with Gasteiger partial charge in [-0.25, -0.2) is 0 Å². The second kappa shape index (κ2) is 4.43. The smallest absolute Gasteiger partial charge is 0.200 e. The summed E-state index contributed by atoms with van der Waals surface area (Å²) in [5, 5.41) is 0. The van der Waals surface area contributed by atoms with Crippen molar-refractivity contribution >= 4 is 45.2 Å². The van der Waals surface area contributed by atoms with Crippen LogP contribution in [0.2, 0.25) is 0 Å². The first kappa shape index (κ1) is 12.9. The Bertz CT molecular complexity index is 184. The van der Waals surface area contributed by atoms with Crippen molar-refractivity contribution in [1.82, 2.24) is 0 Å². The zero-order valence-corrected chi connectivity index (χ0v) is 10.4. The van der Waals surface area contributed by atoms with Gasteiger partial charge in [-0.1, -0.05) is 6.92 Å². The fourth-order valence-electron chi connectivity index (χ4n) is 0.478. The molecule has 72 valence electrons. The number of hydrogen-bond acceptors (Lipinski definition) is 0. The predicted octanol–water partition coefficient (Wildman–Crippen LogP) is 4.38. The molecule has 0 radical (unpaired) electrons. The summed E-state index contributed by atoms with van der Waals surface area (Å²) in [7, 11) is 0. The second-order valence-corrected chi connectivity index (χ2v) is 6.50. The highest BCUT2D eigenvalue weighted by Gasteiger charge is 2.52. The van der Waals surface area contributed by atoms with Crippen molar-refractivity contribution in [3.63, 3.8) is 0 Å². The van der Waals surface area contributed by atoms with E-state index in [0.717, 1.165) is 6.92 Å². The monoisotopic (exact) mass is 408 g/mol. The van der Waals surface area contributed by atoms with Gasteiger partial charge in [-0.3, -0.25) is 0 Å². The average Bonchev–Trinajstić information content (AvgIpc) is 1.84. The van der Waals surface area contributed by atoms with Crippen molar-refractivity contribution in [2.45, 2.75) is 25.2 Å². The summed E-state index contributed by atoms with van der Waals surface area (Å²) < 4.78 is 50.3. The predicted molar refractivity (Wildman–Crippen MR) is 56.3 cm³/mol. The number of rotatable bonds is 3. The minimum atomic E-state index is -4.04. The lowest BCUT2D eigenvalue weighted by molar-refractivity contribution is -0.180. The molecule has 0 saturated heterocycles. The van der Waals surface area contributed by atoms with E-state index >= 15 is 0 Å². The van der Waals surface area contributed by atoms with Crippen LogP contribution in [0, 0.1) is 0 Å². The highest BCUT2D eigenvalue weighted by molar-refractivity contribution is 14.2. The van der Waals surface area contributed by atoms with Gasteiger partial charge in [0.25, 0.3) is 0 Å². The van der Waals surface area contributed by atoms with Crippen molar-refractivity contribution in [2.75, 3.05) is 0 Å². The van der Waals surface area contributed by atoms with Crippen LogP contribution in [0.5, 0.6) is 0 Å². The fourth-order valence-corrected chi connectivity index (χ4v) is 1.26. The second-order valence-electron chi connectivity index (χ2n) is 2.11. The Morgan fingerprint density at radius 1 is 1.25 bits per heavy atom. The Labute approximate surface area is 95.1 Å². The molecule has 0 rings (SSSR count). The minimum absolute atomic E-state index is 0.128. The Morgan fingerprint density at radius 3 is 1.92 bits per heavy atom. The van der Waals surface area contributed by atoms with E-state index in [1.165, 1.54) is 0 Å². The molecule has 6 heteroatoms. The van der Waals surface area contributed by atoms with Crippen molar-refractivity contribution in [3.8, 4) is 0 Å². The van der Waals surface area contributed by atoms with Crippen molar-refractivity contribution < 1.29 is 17.6 Å². The highest BCUT2D eigenvalue weighted by atomic mass is 127. The van der Waals surface area contributed by atoms with Gasteiger partial charge in [0.1, 0.15) is 0 Å². The van der Waals surface area contributed by atoms with E-state index in [1.807, 2.05) is 0 Å². The van der Waals surface area contributed by atoms with Gasteiger partial charge >= 0.3 is 11.8 Å². The van der Waals surface area contributed by atoms with E-state index in [2.05, 4.69) is 0 Å². The maximum atomic E-state index is 12.6. The Hall–Kier alpha value is 0.920. The van der Waals surface area contributed by atoms with Crippen LogP contribution in [0.25, 0.3) is 0 Å². The van der Waals surface area contributed by atoms with Gasteiger partial charge in [-0.15, -0.1) is 0 Å². The standard InChI is InChI=1S/C6H6F4I2/c1-2-5(7,8)6(9,10)3-4(11)12/h3H,2H2,1H3. The Kier molecular flexibility index (Phi) is 4.77. The first-order valence-corrected chi connectivity index (χ1v) is 5.18. The molecule has 0 amide bonds. The number of hydrogen-bond donors (Lipinski definition) is 0. The van der Waals surface area contributed by atoms with E-state index in [9.17, 15) is 17.6 Å². The van der Waals surface area contributed by atoms with E-state index in [0.29, 0.717) is 0 Å². The first-order chi connectivity index (χ1) is 5.23. The summed E-state index contributed by atoms with van der Waals surface area (Å²) >= 11 is 3.12. The van der Waals surface area contributed by atoms with E-state index in [1.54, 1.807) is 45.2 Å². The van der Waals surface area contributed by atoms with Crippen LogP contribution >= 0.6 is 45.2 Å². The third kappa shape index (κ3) is 3.35. The maximum absolute atomic E-state index is 12.6. The lowest BCUT2D eigenvalue weighted by atomic mass is 10.1. The average molecular weight is 408 g/mol. The molecule has 12 heavy (non-hydrogen) atoms. The zero-order chi connectivity index (χ0) is 9.99. The molecule has 0 aliphatic carbocycles. The third-order valence-corrected chi connectivity index (χ3v) is 1.84. The van der Waals surface area contributed by atoms with Crippen LogP contribution in [0.15, 0.2) is 7.66 Å². The summed E-state index contributed by atoms with van der Waals surface area (Å²) in [4.78, 5) is 0. The summed E-state index contributed by atoms with van der Waals surface area (Å²) in [6.07, 6.45) is -0.589. The molecule has 0 aliphatic heterocycles. The minimum Gasteiger partial charge on any atom is -0.200 e. The summed E-state index contributed by atoms with van der Waals surface area (Å²) in [5.41, 5.74) is 0. The largest absolute Gasteiger partial charge is 0.330 e. The van der Waals surface area contributed by atoms with Crippen LogP contribution in [0.4, 0.5) is 17.6 Å². The molecule has 0 aromatic carbocycles. The fraction of sp³-hybridized carbons (Fsp3) is 0.667. The van der Waals surface area contributed by atoms with Gasteiger partial charge in [0.15, 0.2) is 0 Å². The molecule has 0 saturated carbocycles. The molecule has 0 atom stereocenters. The Morgan fingerprint density at radius 2 is 1.67 bits per heavy atom. The molecule has 0 N–H and O–H groups in total. The molecule has 0 heterocycles. The van der Waals surface area contributed by atoms with Gasteiger partial charge in [-0.05, 0) is 45.2 Å². The van der Waals surface area contributed by atoms with Crippen molar-refractivity contribution in [1.29, 1.82) is 0 Å². The molecule has 0 aromatic rings. The first-order valence-electron chi connectivity index (χ1n) is 3.02. The lowest BCUT2D eigenvalue weighted by Crippen LogP contribution is -2.37. The van der Waals surface area contributed by atoms with Crippen LogP contribution in [0.3, 0.4) is 0 Å². The van der Waals surface area contributed by atoms with Crippen molar-refractivity contribution in [2.24, 2.45) is 0 Å². The van der Waals surface area contributed by atoms with E-state index in [4.69, 9.17) is 0 Å². The number of allylic oxidation sites excluding steroid dienone is 1. The molecular weight excluding hydrogens is 402 g/mol. The highest BCUT2D eigenvalue weighted by Crippen LogP contribution is 2.39. The maximum Gasteiger partial charge on any atom is 0.330 e. The SMILES string of the molecule is CCC(F)(F)C(F)(F)C=C(I)I. The molecule has 0 spiro atoms. The van der Waals surface area contributed by atoms with Crippen LogP contribution in [-0.2, 0) is 0 Å². The van der Waals surface area contributed by atoms with Crippen LogP contribution in [0.1, 0.15) is 13.3 Å². The lowest BCUT2D eigenvalue weighted by Gasteiger charge is -2.22. The van der Waals surface area contributed by atoms with Gasteiger partial charge < -0.3 is 0 Å². The summed E-state index contributed by atoms with van der Waals surface area (Å²) in [5.74, 6) is -7.99. The third-order valence-electron chi connectivity index (χ3n) is 1.22. The van der Waals surface area contributed by atoms with Gasteiger partial charge in [-0.2, -0.15) is 17.6 Å². The Balaban J connectivity index is 4.72. The van der Waals surface area contributed by atoms with Crippen molar-refractivity contribution in [3.05, 3.63) is 7.66 Å². The molecule has 0 aliphatic rings.